The molecule has 1 heterocycles. The van der Waals surface area contributed by atoms with Gasteiger partial charge in [0, 0.05) is 29.8 Å². The van der Waals surface area contributed by atoms with E-state index >= 15 is 0 Å². The van der Waals surface area contributed by atoms with Gasteiger partial charge in [-0.05, 0) is 29.3 Å². The molecule has 1 aromatic heterocycles. The predicted molar refractivity (Wildman–Crippen MR) is 119 cm³/mol. The number of hydrogen-bond donors (Lipinski definition) is 2. The van der Waals surface area contributed by atoms with Gasteiger partial charge in [0.25, 0.3) is 5.91 Å². The van der Waals surface area contributed by atoms with Crippen molar-refractivity contribution < 1.29 is 9.59 Å². The lowest BCUT2D eigenvalue weighted by atomic mass is 10.0. The van der Waals surface area contributed by atoms with Gasteiger partial charge >= 0.3 is 0 Å². The van der Waals surface area contributed by atoms with Gasteiger partial charge in [-0.25, -0.2) is 0 Å². The highest BCUT2D eigenvalue weighted by Crippen LogP contribution is 2.22. The van der Waals surface area contributed by atoms with Crippen molar-refractivity contribution in [2.45, 2.75) is 12.5 Å². The highest BCUT2D eigenvalue weighted by Gasteiger charge is 2.26. The topological polar surface area (TPSA) is 65.2 Å². The predicted octanol–water partition coefficient (Wildman–Crippen LogP) is 4.23. The lowest BCUT2D eigenvalue weighted by Gasteiger charge is -2.25. The van der Waals surface area contributed by atoms with Crippen LogP contribution in [-0.4, -0.2) is 23.8 Å². The lowest BCUT2D eigenvalue weighted by Crippen LogP contribution is -2.42. The monoisotopic (exact) mass is 397 g/mol. The molecule has 30 heavy (non-hydrogen) atoms. The molecule has 0 aliphatic heterocycles. The van der Waals surface area contributed by atoms with Gasteiger partial charge in [-0.2, -0.15) is 0 Å². The van der Waals surface area contributed by atoms with E-state index in [1.54, 1.807) is 11.9 Å². The number of amides is 2. The number of para-hydroxylation sites is 2. The number of nitrogens with zero attached hydrogens (tertiary/aromatic N) is 1. The molecule has 150 valence electrons. The Kier molecular flexibility index (Phi) is 5.61. The van der Waals surface area contributed by atoms with E-state index in [-0.39, 0.29) is 18.2 Å². The maximum Gasteiger partial charge on any atom is 0.253 e. The number of H-pyrrole nitrogens is 1. The summed E-state index contributed by atoms with van der Waals surface area (Å²) in [5.41, 5.74) is 3.41. The van der Waals surface area contributed by atoms with Crippen molar-refractivity contribution in [3.8, 4) is 0 Å². The number of anilines is 1. The van der Waals surface area contributed by atoms with Crippen LogP contribution in [0.25, 0.3) is 10.9 Å². The highest BCUT2D eigenvalue weighted by molar-refractivity contribution is 6.00. The van der Waals surface area contributed by atoms with Crippen LogP contribution in [0.1, 0.15) is 17.2 Å². The van der Waals surface area contributed by atoms with E-state index in [1.807, 2.05) is 91.1 Å². The summed E-state index contributed by atoms with van der Waals surface area (Å²) in [4.78, 5) is 31.0. The van der Waals surface area contributed by atoms with Crippen molar-refractivity contribution in [2.24, 2.45) is 0 Å². The van der Waals surface area contributed by atoms with Crippen LogP contribution in [0.15, 0.2) is 91.1 Å². The molecule has 3 aromatic carbocycles. The Bertz CT molecular complexity index is 1150. The summed E-state index contributed by atoms with van der Waals surface area (Å²) in [5.74, 6) is -0.400. The Labute approximate surface area is 175 Å². The van der Waals surface area contributed by atoms with E-state index in [0.29, 0.717) is 0 Å². The molecule has 0 spiro atoms. The summed E-state index contributed by atoms with van der Waals surface area (Å²) in [6.45, 7) is 0. The molecule has 0 saturated carbocycles. The standard InChI is InChI=1S/C25H23N3O2/c1-28(20-12-6-3-7-13-20)25(30)24(18-10-4-2-5-11-18)27-23(29)16-19-17-26-22-15-9-8-14-21(19)22/h2-15,17,24,26H,16H2,1H3,(H,27,29)/t24-/m1/s1. The van der Waals surface area contributed by atoms with Crippen LogP contribution in [0.3, 0.4) is 0 Å². The number of carbonyl (C=O) groups excluding carboxylic acids is 2. The van der Waals surface area contributed by atoms with Crippen LogP contribution in [0.4, 0.5) is 5.69 Å². The second-order valence-corrected chi connectivity index (χ2v) is 7.18. The molecular formula is C25H23N3O2. The van der Waals surface area contributed by atoms with E-state index in [0.717, 1.165) is 27.7 Å². The van der Waals surface area contributed by atoms with Crippen LogP contribution in [0.2, 0.25) is 0 Å². The van der Waals surface area contributed by atoms with Crippen LogP contribution >= 0.6 is 0 Å². The third kappa shape index (κ3) is 4.10. The summed E-state index contributed by atoms with van der Waals surface area (Å²) < 4.78 is 0. The first-order valence-electron chi connectivity index (χ1n) is 9.85. The molecule has 0 radical (unpaired) electrons. The maximum absolute atomic E-state index is 13.3. The minimum atomic E-state index is -0.769. The van der Waals surface area contributed by atoms with Gasteiger partial charge in [-0.15, -0.1) is 0 Å². The first kappa shape index (κ1) is 19.5. The van der Waals surface area contributed by atoms with Crippen molar-refractivity contribution in [2.75, 3.05) is 11.9 Å². The smallest absolute Gasteiger partial charge is 0.253 e. The minimum Gasteiger partial charge on any atom is -0.361 e. The highest BCUT2D eigenvalue weighted by atomic mass is 16.2. The zero-order valence-electron chi connectivity index (χ0n) is 16.7. The van der Waals surface area contributed by atoms with E-state index in [2.05, 4.69) is 10.3 Å². The molecule has 0 aliphatic carbocycles. The quantitative estimate of drug-likeness (QED) is 0.511. The van der Waals surface area contributed by atoms with Crippen molar-refractivity contribution >= 4 is 28.4 Å². The summed E-state index contributed by atoms with van der Waals surface area (Å²) in [5, 5.41) is 3.95. The number of nitrogens with one attached hydrogen (secondary N) is 2. The molecule has 2 N–H and O–H groups in total. The fraction of sp³-hybridized carbons (Fsp3) is 0.120. The Hall–Kier alpha value is -3.86. The molecule has 0 bridgehead atoms. The second-order valence-electron chi connectivity index (χ2n) is 7.18. The van der Waals surface area contributed by atoms with Crippen LogP contribution < -0.4 is 10.2 Å². The molecule has 0 aliphatic rings. The summed E-state index contributed by atoms with van der Waals surface area (Å²) in [7, 11) is 1.72. The molecule has 5 nitrogen and oxygen atoms in total. The third-order valence-electron chi connectivity index (χ3n) is 5.19. The molecule has 0 saturated heterocycles. The summed E-state index contributed by atoms with van der Waals surface area (Å²) in [6.07, 6.45) is 2.04. The Morgan fingerprint density at radius 2 is 1.53 bits per heavy atom. The van der Waals surface area contributed by atoms with E-state index in [9.17, 15) is 9.59 Å². The average molecular weight is 397 g/mol. The minimum absolute atomic E-state index is 0.190. The van der Waals surface area contributed by atoms with Crippen LogP contribution in [0.5, 0.6) is 0 Å². The van der Waals surface area contributed by atoms with Crippen molar-refractivity contribution in [3.05, 3.63) is 102 Å². The summed E-state index contributed by atoms with van der Waals surface area (Å²) >= 11 is 0. The van der Waals surface area contributed by atoms with Crippen molar-refractivity contribution in [1.29, 1.82) is 0 Å². The number of likely N-dealkylation sites (N-methyl/N-ethyl adjacent to an activating group) is 1. The first-order valence-corrected chi connectivity index (χ1v) is 9.85. The number of aromatic nitrogens is 1. The first-order chi connectivity index (χ1) is 14.6. The number of carbonyl (C=O) groups is 2. The number of rotatable bonds is 6. The van der Waals surface area contributed by atoms with Gasteiger partial charge in [-0.1, -0.05) is 66.7 Å². The largest absolute Gasteiger partial charge is 0.361 e. The molecular weight excluding hydrogens is 374 g/mol. The molecule has 0 fully saturated rings. The van der Waals surface area contributed by atoms with Crippen LogP contribution in [0, 0.1) is 0 Å². The van der Waals surface area contributed by atoms with E-state index < -0.39 is 6.04 Å². The Balaban J connectivity index is 1.57. The third-order valence-corrected chi connectivity index (χ3v) is 5.19. The number of benzene rings is 3. The lowest BCUT2D eigenvalue weighted by molar-refractivity contribution is -0.127. The van der Waals surface area contributed by atoms with Gasteiger partial charge < -0.3 is 15.2 Å². The number of fused-ring (bicyclic) bond motifs is 1. The van der Waals surface area contributed by atoms with Gasteiger partial charge in [0.1, 0.15) is 6.04 Å². The normalized spacial score (nSPS) is 11.8. The van der Waals surface area contributed by atoms with Crippen molar-refractivity contribution in [1.82, 2.24) is 10.3 Å². The summed E-state index contributed by atoms with van der Waals surface area (Å²) in [6, 6.07) is 25.8. The molecule has 2 amide bonds. The number of hydrogen-bond acceptors (Lipinski definition) is 2. The molecule has 4 aromatic rings. The fourth-order valence-electron chi connectivity index (χ4n) is 3.57. The zero-order valence-corrected chi connectivity index (χ0v) is 16.7. The van der Waals surface area contributed by atoms with E-state index in [4.69, 9.17) is 0 Å². The molecule has 1 atom stereocenters. The Morgan fingerprint density at radius 3 is 2.27 bits per heavy atom. The SMILES string of the molecule is CN(C(=O)[C@H](NC(=O)Cc1c[nH]c2ccccc12)c1ccccc1)c1ccccc1. The second kappa shape index (κ2) is 8.66. The fourth-order valence-corrected chi connectivity index (χ4v) is 3.57. The Morgan fingerprint density at radius 1 is 0.900 bits per heavy atom. The maximum atomic E-state index is 13.3. The van der Waals surface area contributed by atoms with Crippen LogP contribution in [-0.2, 0) is 16.0 Å². The number of aromatic amines is 1. The van der Waals surface area contributed by atoms with Gasteiger partial charge in [0.05, 0.1) is 6.42 Å². The van der Waals surface area contributed by atoms with E-state index in [1.165, 1.54) is 0 Å². The van der Waals surface area contributed by atoms with Gasteiger partial charge in [0.2, 0.25) is 5.91 Å². The van der Waals surface area contributed by atoms with Gasteiger partial charge in [0.15, 0.2) is 0 Å². The zero-order chi connectivity index (χ0) is 20.9. The van der Waals surface area contributed by atoms with Gasteiger partial charge in [-0.3, -0.25) is 9.59 Å². The molecule has 0 unspecified atom stereocenters. The van der Waals surface area contributed by atoms with Crippen molar-refractivity contribution in [3.63, 3.8) is 0 Å². The molecule has 4 rings (SSSR count). The average Bonchev–Trinajstić information content (AvgIpc) is 3.20. The molecule has 5 heteroatoms.